The molecule has 1 saturated heterocycles. The van der Waals surface area contributed by atoms with E-state index in [9.17, 15) is 13.6 Å². The number of hydrogen-bond acceptors (Lipinski definition) is 4. The van der Waals surface area contributed by atoms with Crippen molar-refractivity contribution in [3.63, 3.8) is 0 Å². The third-order valence-electron chi connectivity index (χ3n) is 6.69. The third kappa shape index (κ3) is 8.29. The molecule has 2 aromatic carbocycles. The van der Waals surface area contributed by atoms with Gasteiger partial charge in [0.05, 0.1) is 12.6 Å². The Morgan fingerprint density at radius 2 is 1.80 bits per heavy atom. The van der Waals surface area contributed by atoms with Crippen LogP contribution in [0, 0.1) is 23.5 Å². The summed E-state index contributed by atoms with van der Waals surface area (Å²) in [5.41, 5.74) is 1.52. The molecule has 0 aliphatic carbocycles. The molecule has 1 amide bonds. The fraction of sp³-hybridized carbons (Fsp3) is 0.536. The van der Waals surface area contributed by atoms with Crippen molar-refractivity contribution in [1.29, 1.82) is 0 Å². The van der Waals surface area contributed by atoms with E-state index in [1.807, 2.05) is 0 Å². The van der Waals surface area contributed by atoms with Crippen LogP contribution < -0.4 is 10.1 Å². The van der Waals surface area contributed by atoms with Gasteiger partial charge >= 0.3 is 0 Å². The maximum absolute atomic E-state index is 14.4. The van der Waals surface area contributed by atoms with Crippen LogP contribution in [0.2, 0.25) is 0 Å². The Morgan fingerprint density at radius 3 is 2.46 bits per heavy atom. The number of nitrogens with zero attached hydrogens (tertiary/aromatic N) is 1. The van der Waals surface area contributed by atoms with Gasteiger partial charge in [-0.1, -0.05) is 32.0 Å². The molecule has 1 atom stereocenters. The number of carbonyl (C=O) groups excluding carboxylic acids is 1. The summed E-state index contributed by atoms with van der Waals surface area (Å²) in [4.78, 5) is 15.1. The van der Waals surface area contributed by atoms with E-state index in [-0.39, 0.29) is 29.5 Å². The van der Waals surface area contributed by atoms with Crippen molar-refractivity contribution in [2.45, 2.75) is 45.6 Å². The van der Waals surface area contributed by atoms with Gasteiger partial charge in [-0.2, -0.15) is 0 Å². The van der Waals surface area contributed by atoms with Gasteiger partial charge < -0.3 is 19.7 Å². The number of piperidine rings is 1. The number of carbonyl (C=O) groups is 1. The number of amides is 1. The van der Waals surface area contributed by atoms with Crippen molar-refractivity contribution in [2.75, 3.05) is 40.0 Å². The predicted molar refractivity (Wildman–Crippen MR) is 133 cm³/mol. The molecule has 1 aliphatic heterocycles. The van der Waals surface area contributed by atoms with Crippen LogP contribution in [0.3, 0.4) is 0 Å². The molecule has 7 heteroatoms. The zero-order valence-corrected chi connectivity index (χ0v) is 21.1. The van der Waals surface area contributed by atoms with Gasteiger partial charge in [0, 0.05) is 25.6 Å². The maximum atomic E-state index is 14.4. The minimum Gasteiger partial charge on any atom is -0.491 e. The smallest absolute Gasteiger partial charge is 0.220 e. The van der Waals surface area contributed by atoms with Crippen LogP contribution in [-0.4, -0.2) is 50.8 Å². The molecule has 1 N–H and O–H groups in total. The average Bonchev–Trinajstić information content (AvgIpc) is 2.84. The molecule has 3 rings (SSSR count). The molecule has 0 unspecified atom stereocenters. The molecule has 2 aromatic rings. The fourth-order valence-corrected chi connectivity index (χ4v) is 4.64. The second kappa shape index (κ2) is 13.5. The molecular formula is C28H38F2N2O3. The number of rotatable bonds is 12. The van der Waals surface area contributed by atoms with E-state index < -0.39 is 0 Å². The van der Waals surface area contributed by atoms with Gasteiger partial charge in [-0.15, -0.1) is 0 Å². The largest absolute Gasteiger partial charge is 0.491 e. The highest BCUT2D eigenvalue weighted by atomic mass is 19.1. The van der Waals surface area contributed by atoms with Crippen molar-refractivity contribution in [1.82, 2.24) is 10.2 Å². The average molecular weight is 489 g/mol. The van der Waals surface area contributed by atoms with Crippen molar-refractivity contribution < 1.29 is 23.0 Å². The summed E-state index contributed by atoms with van der Waals surface area (Å²) in [7, 11) is 1.61. The van der Waals surface area contributed by atoms with E-state index in [1.165, 1.54) is 18.2 Å². The number of halogens is 2. The van der Waals surface area contributed by atoms with Gasteiger partial charge in [-0.05, 0) is 74.0 Å². The lowest BCUT2D eigenvalue weighted by atomic mass is 9.91. The lowest BCUT2D eigenvalue weighted by molar-refractivity contribution is -0.123. The van der Waals surface area contributed by atoms with Crippen LogP contribution in [0.1, 0.15) is 50.3 Å². The first kappa shape index (κ1) is 27.1. The Kier molecular flexibility index (Phi) is 10.5. The van der Waals surface area contributed by atoms with Crippen LogP contribution in [0.5, 0.6) is 5.75 Å². The van der Waals surface area contributed by atoms with E-state index in [1.54, 1.807) is 31.4 Å². The van der Waals surface area contributed by atoms with E-state index >= 15 is 0 Å². The van der Waals surface area contributed by atoms with Gasteiger partial charge in [0.15, 0.2) is 0 Å². The van der Waals surface area contributed by atoms with Gasteiger partial charge in [0.25, 0.3) is 0 Å². The summed E-state index contributed by atoms with van der Waals surface area (Å²) < 4.78 is 38.4. The van der Waals surface area contributed by atoms with Crippen molar-refractivity contribution in [3.05, 3.63) is 65.2 Å². The molecule has 1 fully saturated rings. The lowest BCUT2D eigenvalue weighted by Crippen LogP contribution is -2.38. The highest BCUT2D eigenvalue weighted by molar-refractivity contribution is 5.76. The van der Waals surface area contributed by atoms with E-state index in [2.05, 4.69) is 24.1 Å². The summed E-state index contributed by atoms with van der Waals surface area (Å²) >= 11 is 0. The molecular weight excluding hydrogens is 450 g/mol. The van der Waals surface area contributed by atoms with E-state index in [0.717, 1.165) is 38.0 Å². The second-order valence-corrected chi connectivity index (χ2v) is 9.64. The van der Waals surface area contributed by atoms with Crippen LogP contribution in [0.15, 0.2) is 42.5 Å². The number of methoxy groups -OCH3 is 1. The van der Waals surface area contributed by atoms with Crippen LogP contribution in [-0.2, 0) is 16.0 Å². The van der Waals surface area contributed by atoms with E-state index in [0.29, 0.717) is 43.3 Å². The van der Waals surface area contributed by atoms with Crippen LogP contribution in [0.25, 0.3) is 0 Å². The molecule has 192 valence electrons. The molecule has 0 saturated carbocycles. The van der Waals surface area contributed by atoms with Gasteiger partial charge in [-0.3, -0.25) is 4.79 Å². The van der Waals surface area contributed by atoms with Gasteiger partial charge in [-0.25, -0.2) is 8.78 Å². The Hall–Kier alpha value is -2.51. The van der Waals surface area contributed by atoms with Crippen LogP contribution in [0.4, 0.5) is 8.78 Å². The number of nitrogens with one attached hydrogen (secondary N) is 1. The van der Waals surface area contributed by atoms with E-state index in [4.69, 9.17) is 9.47 Å². The standard InChI is InChI=1S/C28H38F2N2O3/c1-20(2)28(22-7-9-23(29)10-8-22)31-27(33)19-21-11-14-32(15-12-21)16-13-24-25(30)5-4-6-26(24)35-18-17-34-3/h4-10,20-21,28H,11-19H2,1-3H3,(H,31,33)/t28-/m1/s1. The molecule has 1 heterocycles. The number of ether oxygens (including phenoxy) is 2. The Morgan fingerprint density at radius 1 is 1.09 bits per heavy atom. The van der Waals surface area contributed by atoms with Crippen LogP contribution >= 0.6 is 0 Å². The van der Waals surface area contributed by atoms with Gasteiger partial charge in [0.1, 0.15) is 24.0 Å². The highest BCUT2D eigenvalue weighted by Gasteiger charge is 2.24. The highest BCUT2D eigenvalue weighted by Crippen LogP contribution is 2.26. The zero-order chi connectivity index (χ0) is 25.2. The molecule has 0 radical (unpaired) electrons. The molecule has 0 spiro atoms. The first-order valence-electron chi connectivity index (χ1n) is 12.5. The molecule has 1 aliphatic rings. The Bertz CT molecular complexity index is 928. The van der Waals surface area contributed by atoms with Crippen molar-refractivity contribution >= 4 is 5.91 Å². The predicted octanol–water partition coefficient (Wildman–Crippen LogP) is 5.15. The summed E-state index contributed by atoms with van der Waals surface area (Å²) in [5, 5.41) is 3.15. The summed E-state index contributed by atoms with van der Waals surface area (Å²) in [5.74, 6) is 0.623. The lowest BCUT2D eigenvalue weighted by Gasteiger charge is -2.32. The zero-order valence-electron chi connectivity index (χ0n) is 21.1. The molecule has 5 nitrogen and oxygen atoms in total. The summed E-state index contributed by atoms with van der Waals surface area (Å²) in [6, 6.07) is 11.1. The quantitative estimate of drug-likeness (QED) is 0.420. The monoisotopic (exact) mass is 488 g/mol. The molecule has 0 bridgehead atoms. The third-order valence-corrected chi connectivity index (χ3v) is 6.69. The number of benzene rings is 2. The maximum Gasteiger partial charge on any atom is 0.220 e. The molecule has 35 heavy (non-hydrogen) atoms. The van der Waals surface area contributed by atoms with Crippen molar-refractivity contribution in [3.8, 4) is 5.75 Å². The number of likely N-dealkylation sites (tertiary alicyclic amines) is 1. The molecule has 0 aromatic heterocycles. The Balaban J connectivity index is 1.45. The first-order chi connectivity index (χ1) is 16.9. The minimum atomic E-state index is -0.279. The SMILES string of the molecule is COCCOc1cccc(F)c1CCN1CCC(CC(=O)N[C@@H](c2ccc(F)cc2)C(C)C)CC1. The second-order valence-electron chi connectivity index (χ2n) is 9.64. The number of hydrogen-bond donors (Lipinski definition) is 1. The summed E-state index contributed by atoms with van der Waals surface area (Å²) in [6.45, 7) is 7.47. The Labute approximate surface area is 207 Å². The fourth-order valence-electron chi connectivity index (χ4n) is 4.64. The normalized spacial score (nSPS) is 15.8. The minimum absolute atomic E-state index is 0.0377. The van der Waals surface area contributed by atoms with Crippen molar-refractivity contribution in [2.24, 2.45) is 11.8 Å². The summed E-state index contributed by atoms with van der Waals surface area (Å²) in [6.07, 6.45) is 2.94. The first-order valence-corrected chi connectivity index (χ1v) is 12.5. The van der Waals surface area contributed by atoms with Gasteiger partial charge in [0.2, 0.25) is 5.91 Å². The topological polar surface area (TPSA) is 50.8 Å².